The molecule has 232 valence electrons. The lowest BCUT2D eigenvalue weighted by atomic mass is 10.3. The first-order valence-electron chi connectivity index (χ1n) is 13.9. The van der Waals surface area contributed by atoms with E-state index in [9.17, 15) is 0 Å². The number of unbranched alkanes of at least 4 members (excludes halogenated alkanes) is 1. The smallest absolute Gasteiger partial charge is 0.0781 e. The molecule has 0 saturated carbocycles. The molecular formula is C27H58O11. The Hall–Kier alpha value is -0.440. The molecule has 0 aromatic heterocycles. The molecule has 38 heavy (non-hydrogen) atoms. The molecule has 0 aromatic carbocycles. The fourth-order valence-corrected chi connectivity index (χ4v) is 2.41. The summed E-state index contributed by atoms with van der Waals surface area (Å²) in [5.74, 6) is 0. The summed E-state index contributed by atoms with van der Waals surface area (Å²) >= 11 is 0. The van der Waals surface area contributed by atoms with Crippen LogP contribution in [0.1, 0.15) is 47.5 Å². The van der Waals surface area contributed by atoms with E-state index in [0.717, 1.165) is 19.4 Å². The maximum Gasteiger partial charge on any atom is 0.0781 e. The lowest BCUT2D eigenvalue weighted by molar-refractivity contribution is -0.0854. The molecule has 0 radical (unpaired) electrons. The third-order valence-electron chi connectivity index (χ3n) is 4.87. The van der Waals surface area contributed by atoms with Crippen molar-refractivity contribution in [3.63, 3.8) is 0 Å². The maximum atomic E-state index is 8.81. The van der Waals surface area contributed by atoms with Gasteiger partial charge in [-0.15, -0.1) is 0 Å². The minimum absolute atomic E-state index is 0.00935. The van der Waals surface area contributed by atoms with Crippen LogP contribution in [0.15, 0.2) is 0 Å². The van der Waals surface area contributed by atoms with Crippen LogP contribution in [0, 0.1) is 0 Å². The Labute approximate surface area is 231 Å². The molecule has 0 spiro atoms. The van der Waals surface area contributed by atoms with Gasteiger partial charge in [0.15, 0.2) is 0 Å². The van der Waals surface area contributed by atoms with Crippen LogP contribution < -0.4 is 0 Å². The van der Waals surface area contributed by atoms with Crippen molar-refractivity contribution in [3.8, 4) is 0 Å². The number of methoxy groups -OCH3 is 1. The predicted molar refractivity (Wildman–Crippen MR) is 146 cm³/mol. The molecule has 11 nitrogen and oxygen atoms in total. The second kappa shape index (κ2) is 32.8. The molecule has 4 unspecified atom stereocenters. The fraction of sp³-hybridized carbons (Fsp3) is 1.00. The zero-order valence-corrected chi connectivity index (χ0v) is 24.9. The summed E-state index contributed by atoms with van der Waals surface area (Å²) in [5.41, 5.74) is 0. The second-order valence-corrected chi connectivity index (χ2v) is 8.80. The average Bonchev–Trinajstić information content (AvgIpc) is 2.93. The van der Waals surface area contributed by atoms with Gasteiger partial charge in [0.05, 0.1) is 117 Å². The van der Waals surface area contributed by atoms with Crippen LogP contribution in [0.5, 0.6) is 0 Å². The Kier molecular flexibility index (Phi) is 34.2. The quantitative estimate of drug-likeness (QED) is 0.137. The first kappa shape index (κ1) is 39.7. The fourth-order valence-electron chi connectivity index (χ4n) is 2.41. The zero-order chi connectivity index (χ0) is 28.7. The van der Waals surface area contributed by atoms with Crippen molar-refractivity contribution in [1.82, 2.24) is 0 Å². The van der Waals surface area contributed by atoms with Crippen molar-refractivity contribution in [1.29, 1.82) is 0 Å². The topological polar surface area (TPSA) is 124 Å². The van der Waals surface area contributed by atoms with E-state index in [1.807, 2.05) is 27.7 Å². The normalized spacial score (nSPS) is 14.5. The predicted octanol–water partition coefficient (Wildman–Crippen LogP) is 2.09. The standard InChI is InChI=1S/C14H30O6.C13H28O5/c1-2-3-5-16-7-9-18-11-13-20-14-12-19-10-8-17-6-4-15;1-10(6-14)16-8-12(3)18-9-13(4)17-7-11(2)15-5/h15H,2-14H2,1H3;10-14H,6-9H2,1-5H3. The van der Waals surface area contributed by atoms with Crippen LogP contribution in [0.25, 0.3) is 0 Å². The molecule has 0 fully saturated rings. The van der Waals surface area contributed by atoms with Crippen molar-refractivity contribution < 1.29 is 52.8 Å². The number of aliphatic hydroxyl groups excluding tert-OH is 2. The summed E-state index contributed by atoms with van der Waals surface area (Å²) in [4.78, 5) is 0. The Morgan fingerprint density at radius 1 is 0.500 bits per heavy atom. The molecule has 0 heterocycles. The van der Waals surface area contributed by atoms with Gasteiger partial charge in [-0.05, 0) is 34.1 Å². The first-order valence-corrected chi connectivity index (χ1v) is 13.9. The van der Waals surface area contributed by atoms with Crippen LogP contribution >= 0.6 is 0 Å². The molecule has 2 N–H and O–H groups in total. The molecule has 0 saturated heterocycles. The molecule has 11 heteroatoms. The van der Waals surface area contributed by atoms with Crippen molar-refractivity contribution in [2.75, 3.05) is 106 Å². The maximum absolute atomic E-state index is 8.81. The van der Waals surface area contributed by atoms with Crippen molar-refractivity contribution in [2.45, 2.75) is 71.9 Å². The Morgan fingerprint density at radius 2 is 0.868 bits per heavy atom. The van der Waals surface area contributed by atoms with Gasteiger partial charge in [0.1, 0.15) is 0 Å². The minimum Gasteiger partial charge on any atom is -0.394 e. The van der Waals surface area contributed by atoms with Crippen molar-refractivity contribution >= 4 is 0 Å². The highest BCUT2D eigenvalue weighted by atomic mass is 16.6. The molecule has 0 aliphatic rings. The van der Waals surface area contributed by atoms with Gasteiger partial charge < -0.3 is 52.8 Å². The number of ether oxygens (including phenoxy) is 9. The van der Waals surface area contributed by atoms with E-state index in [4.69, 9.17) is 52.8 Å². The van der Waals surface area contributed by atoms with Gasteiger partial charge in [0.2, 0.25) is 0 Å². The van der Waals surface area contributed by atoms with E-state index >= 15 is 0 Å². The summed E-state index contributed by atoms with van der Waals surface area (Å²) in [6.07, 6.45) is 2.23. The molecule has 0 aliphatic carbocycles. The summed E-state index contributed by atoms with van der Waals surface area (Å²) in [6.45, 7) is 17.2. The molecular weight excluding hydrogens is 500 g/mol. The lowest BCUT2D eigenvalue weighted by Crippen LogP contribution is -2.27. The summed E-state index contributed by atoms with van der Waals surface area (Å²) in [7, 11) is 1.66. The highest BCUT2D eigenvalue weighted by Gasteiger charge is 2.10. The highest BCUT2D eigenvalue weighted by Crippen LogP contribution is 2.01. The van der Waals surface area contributed by atoms with E-state index in [-0.39, 0.29) is 37.6 Å². The van der Waals surface area contributed by atoms with Crippen molar-refractivity contribution in [3.05, 3.63) is 0 Å². The summed E-state index contributed by atoms with van der Waals surface area (Å²) in [6, 6.07) is 0. The van der Waals surface area contributed by atoms with E-state index in [0.29, 0.717) is 79.3 Å². The summed E-state index contributed by atoms with van der Waals surface area (Å²) in [5, 5.41) is 17.3. The van der Waals surface area contributed by atoms with Gasteiger partial charge in [0, 0.05) is 13.7 Å². The van der Waals surface area contributed by atoms with E-state index < -0.39 is 0 Å². The first-order chi connectivity index (χ1) is 18.4. The number of aliphatic hydroxyl groups is 2. The van der Waals surface area contributed by atoms with Gasteiger partial charge in [-0.25, -0.2) is 0 Å². The third-order valence-corrected chi connectivity index (χ3v) is 4.87. The van der Waals surface area contributed by atoms with E-state index in [1.54, 1.807) is 7.11 Å². The van der Waals surface area contributed by atoms with Crippen LogP contribution in [-0.2, 0) is 42.6 Å². The van der Waals surface area contributed by atoms with Gasteiger partial charge >= 0.3 is 0 Å². The largest absolute Gasteiger partial charge is 0.394 e. The Morgan fingerprint density at radius 3 is 1.24 bits per heavy atom. The number of hydrogen-bond donors (Lipinski definition) is 2. The Bertz CT molecular complexity index is 394. The monoisotopic (exact) mass is 558 g/mol. The molecule has 0 rings (SSSR count). The Balaban J connectivity index is 0. The zero-order valence-electron chi connectivity index (χ0n) is 24.9. The van der Waals surface area contributed by atoms with Crippen LogP contribution in [-0.4, -0.2) is 141 Å². The van der Waals surface area contributed by atoms with Crippen LogP contribution in [0.2, 0.25) is 0 Å². The number of rotatable bonds is 28. The molecule has 0 bridgehead atoms. The second-order valence-electron chi connectivity index (χ2n) is 8.80. The van der Waals surface area contributed by atoms with Gasteiger partial charge in [0.25, 0.3) is 0 Å². The SMILES string of the molecule is CCCCOCCOCCOCCOCCOCCO.COC(C)COC(C)COC(C)COC(C)CO. The number of hydrogen-bond acceptors (Lipinski definition) is 11. The molecule has 0 amide bonds. The van der Waals surface area contributed by atoms with Crippen molar-refractivity contribution in [2.24, 2.45) is 0 Å². The summed E-state index contributed by atoms with van der Waals surface area (Å²) < 4.78 is 48.0. The van der Waals surface area contributed by atoms with Gasteiger partial charge in [-0.2, -0.15) is 0 Å². The van der Waals surface area contributed by atoms with Gasteiger partial charge in [-0.3, -0.25) is 0 Å². The van der Waals surface area contributed by atoms with Gasteiger partial charge in [-0.1, -0.05) is 13.3 Å². The lowest BCUT2D eigenvalue weighted by Gasteiger charge is -2.20. The van der Waals surface area contributed by atoms with E-state index in [1.165, 1.54) is 0 Å². The molecule has 0 aliphatic heterocycles. The van der Waals surface area contributed by atoms with Crippen LogP contribution in [0.4, 0.5) is 0 Å². The third kappa shape index (κ3) is 33.6. The average molecular weight is 559 g/mol. The minimum atomic E-state index is -0.146. The van der Waals surface area contributed by atoms with E-state index in [2.05, 4.69) is 6.92 Å². The molecule has 4 atom stereocenters. The molecule has 0 aromatic rings. The van der Waals surface area contributed by atoms with Crippen LogP contribution in [0.3, 0.4) is 0 Å². The highest BCUT2D eigenvalue weighted by molar-refractivity contribution is 4.56.